The summed E-state index contributed by atoms with van der Waals surface area (Å²) in [5, 5.41) is 9.44. The third-order valence-corrected chi connectivity index (χ3v) is 3.79. The summed E-state index contributed by atoms with van der Waals surface area (Å²) in [7, 11) is 0. The van der Waals surface area contributed by atoms with Crippen LogP contribution < -0.4 is 4.90 Å². The topological polar surface area (TPSA) is 40.5 Å². The van der Waals surface area contributed by atoms with Crippen molar-refractivity contribution in [2.45, 2.75) is 32.2 Å². The number of rotatable bonds is 4. The van der Waals surface area contributed by atoms with Gasteiger partial charge in [-0.1, -0.05) is 24.6 Å². The molecule has 1 heterocycles. The van der Waals surface area contributed by atoms with Crippen LogP contribution in [0.2, 0.25) is 5.02 Å². The Hall–Kier alpha value is -1.48. The number of nitrogens with zero attached hydrogens (tertiary/aromatic N) is 1. The molecule has 1 N–H and O–H groups in total. The highest BCUT2D eigenvalue weighted by molar-refractivity contribution is 6.31. The molecule has 0 aromatic heterocycles. The first-order valence-electron chi connectivity index (χ1n) is 6.59. The highest BCUT2D eigenvalue weighted by Crippen LogP contribution is 2.32. The first kappa shape index (κ1) is 13.9. The normalized spacial score (nSPS) is 19.3. The second kappa shape index (κ2) is 6.11. The van der Waals surface area contributed by atoms with Gasteiger partial charge in [-0.05, 0) is 43.0 Å². The summed E-state index contributed by atoms with van der Waals surface area (Å²) in [6.07, 6.45) is 6.26. The quantitative estimate of drug-likeness (QED) is 0.852. The molecule has 0 aliphatic carbocycles. The molecule has 1 fully saturated rings. The van der Waals surface area contributed by atoms with Crippen LogP contribution in [0.15, 0.2) is 24.3 Å². The van der Waals surface area contributed by atoms with E-state index < -0.39 is 5.97 Å². The molecule has 0 bridgehead atoms. The van der Waals surface area contributed by atoms with E-state index in [2.05, 4.69) is 11.8 Å². The van der Waals surface area contributed by atoms with Gasteiger partial charge in [-0.2, -0.15) is 0 Å². The Labute approximate surface area is 118 Å². The SMILES string of the molecule is CCC1CCCN1c1cc(Cl)ccc1/C=C/C(=O)O. The fourth-order valence-electron chi connectivity index (χ4n) is 2.64. The molecule has 102 valence electrons. The zero-order chi connectivity index (χ0) is 13.8. The maximum atomic E-state index is 10.7. The largest absolute Gasteiger partial charge is 0.478 e. The Morgan fingerprint density at radius 3 is 3.05 bits per heavy atom. The number of benzene rings is 1. The molecule has 1 unspecified atom stereocenters. The van der Waals surface area contributed by atoms with Crippen LogP contribution >= 0.6 is 11.6 Å². The van der Waals surface area contributed by atoms with Crippen molar-refractivity contribution in [2.75, 3.05) is 11.4 Å². The minimum Gasteiger partial charge on any atom is -0.478 e. The summed E-state index contributed by atoms with van der Waals surface area (Å²) >= 11 is 6.08. The Bertz CT molecular complexity index is 499. The lowest BCUT2D eigenvalue weighted by atomic mass is 10.1. The molecule has 1 atom stereocenters. The average molecular weight is 280 g/mol. The van der Waals surface area contributed by atoms with Crippen LogP contribution in [0.1, 0.15) is 31.7 Å². The molecular weight excluding hydrogens is 262 g/mol. The van der Waals surface area contributed by atoms with E-state index in [4.69, 9.17) is 16.7 Å². The smallest absolute Gasteiger partial charge is 0.328 e. The van der Waals surface area contributed by atoms with Crippen LogP contribution in [0.3, 0.4) is 0 Å². The second-order valence-electron chi connectivity index (χ2n) is 4.77. The molecule has 0 saturated carbocycles. The Morgan fingerprint density at radius 2 is 2.37 bits per heavy atom. The van der Waals surface area contributed by atoms with Crippen molar-refractivity contribution in [3.8, 4) is 0 Å². The van der Waals surface area contributed by atoms with E-state index in [-0.39, 0.29) is 0 Å². The van der Waals surface area contributed by atoms with Crippen molar-refractivity contribution < 1.29 is 9.90 Å². The molecule has 4 heteroatoms. The summed E-state index contributed by atoms with van der Waals surface area (Å²) in [6, 6.07) is 6.12. The molecule has 0 radical (unpaired) electrons. The minimum atomic E-state index is -0.936. The third-order valence-electron chi connectivity index (χ3n) is 3.56. The van der Waals surface area contributed by atoms with Gasteiger partial charge in [0.2, 0.25) is 0 Å². The van der Waals surface area contributed by atoms with Crippen LogP contribution in [0, 0.1) is 0 Å². The van der Waals surface area contributed by atoms with Crippen molar-refractivity contribution in [3.63, 3.8) is 0 Å². The van der Waals surface area contributed by atoms with E-state index in [0.29, 0.717) is 11.1 Å². The van der Waals surface area contributed by atoms with Crippen molar-refractivity contribution in [2.24, 2.45) is 0 Å². The molecule has 0 amide bonds. The van der Waals surface area contributed by atoms with Crippen LogP contribution in [0.5, 0.6) is 0 Å². The van der Waals surface area contributed by atoms with E-state index in [0.717, 1.165) is 24.2 Å². The molecule has 1 aromatic carbocycles. The van der Waals surface area contributed by atoms with Gasteiger partial charge in [0, 0.05) is 29.4 Å². The monoisotopic (exact) mass is 279 g/mol. The van der Waals surface area contributed by atoms with Gasteiger partial charge < -0.3 is 10.0 Å². The van der Waals surface area contributed by atoms with E-state index in [1.54, 1.807) is 12.1 Å². The van der Waals surface area contributed by atoms with Crippen LogP contribution in [-0.4, -0.2) is 23.7 Å². The lowest BCUT2D eigenvalue weighted by Crippen LogP contribution is -2.29. The van der Waals surface area contributed by atoms with Gasteiger partial charge in [-0.25, -0.2) is 4.79 Å². The predicted octanol–water partition coefficient (Wildman–Crippen LogP) is 3.82. The van der Waals surface area contributed by atoms with Gasteiger partial charge in [0.1, 0.15) is 0 Å². The van der Waals surface area contributed by atoms with Crippen molar-refractivity contribution in [1.82, 2.24) is 0 Å². The predicted molar refractivity (Wildman–Crippen MR) is 78.8 cm³/mol. The number of hydrogen-bond acceptors (Lipinski definition) is 2. The Balaban J connectivity index is 2.36. The lowest BCUT2D eigenvalue weighted by molar-refractivity contribution is -0.131. The molecule has 3 nitrogen and oxygen atoms in total. The van der Waals surface area contributed by atoms with Crippen LogP contribution in [0.4, 0.5) is 5.69 Å². The van der Waals surface area contributed by atoms with Gasteiger partial charge >= 0.3 is 5.97 Å². The van der Waals surface area contributed by atoms with Gasteiger partial charge in [-0.3, -0.25) is 0 Å². The molecule has 19 heavy (non-hydrogen) atoms. The summed E-state index contributed by atoms with van der Waals surface area (Å²) in [5.41, 5.74) is 1.95. The molecule has 1 aliphatic heterocycles. The van der Waals surface area contributed by atoms with E-state index in [1.807, 2.05) is 12.1 Å². The summed E-state index contributed by atoms with van der Waals surface area (Å²) in [4.78, 5) is 13.0. The fourth-order valence-corrected chi connectivity index (χ4v) is 2.81. The molecule has 2 rings (SSSR count). The number of anilines is 1. The molecule has 0 spiro atoms. The minimum absolute atomic E-state index is 0.524. The maximum absolute atomic E-state index is 10.7. The number of aliphatic carboxylic acids is 1. The number of carboxylic acid groups (broad SMARTS) is 1. The summed E-state index contributed by atoms with van der Waals surface area (Å²) < 4.78 is 0. The first-order valence-corrected chi connectivity index (χ1v) is 6.97. The van der Waals surface area contributed by atoms with E-state index in [1.165, 1.54) is 18.9 Å². The molecular formula is C15H18ClNO2. The third kappa shape index (κ3) is 3.29. The van der Waals surface area contributed by atoms with E-state index in [9.17, 15) is 4.79 Å². The molecule has 1 aliphatic rings. The molecule has 1 aromatic rings. The van der Waals surface area contributed by atoms with Gasteiger partial charge in [0.15, 0.2) is 0 Å². The number of carboxylic acids is 1. The van der Waals surface area contributed by atoms with Gasteiger partial charge in [0.25, 0.3) is 0 Å². The standard InChI is InChI=1S/C15H18ClNO2/c1-2-13-4-3-9-17(13)14-10-12(16)7-5-11(14)6-8-15(18)19/h5-8,10,13H,2-4,9H2,1H3,(H,18,19)/b8-6+. The number of carbonyl (C=O) groups is 1. The zero-order valence-corrected chi connectivity index (χ0v) is 11.7. The average Bonchev–Trinajstić information content (AvgIpc) is 2.85. The van der Waals surface area contributed by atoms with Crippen molar-refractivity contribution in [3.05, 3.63) is 34.9 Å². The lowest BCUT2D eigenvalue weighted by Gasteiger charge is -2.27. The second-order valence-corrected chi connectivity index (χ2v) is 5.21. The zero-order valence-electron chi connectivity index (χ0n) is 11.0. The maximum Gasteiger partial charge on any atom is 0.328 e. The van der Waals surface area contributed by atoms with Gasteiger partial charge in [0.05, 0.1) is 0 Å². The highest BCUT2D eigenvalue weighted by atomic mass is 35.5. The Kier molecular flexibility index (Phi) is 4.48. The highest BCUT2D eigenvalue weighted by Gasteiger charge is 2.24. The van der Waals surface area contributed by atoms with Crippen molar-refractivity contribution in [1.29, 1.82) is 0 Å². The van der Waals surface area contributed by atoms with Crippen LogP contribution in [0.25, 0.3) is 6.08 Å². The summed E-state index contributed by atoms with van der Waals surface area (Å²) in [5.74, 6) is -0.936. The van der Waals surface area contributed by atoms with Crippen LogP contribution in [-0.2, 0) is 4.79 Å². The van der Waals surface area contributed by atoms with E-state index >= 15 is 0 Å². The number of halogens is 1. The summed E-state index contributed by atoms with van der Waals surface area (Å²) in [6.45, 7) is 3.19. The first-order chi connectivity index (χ1) is 9.11. The fraction of sp³-hybridized carbons (Fsp3) is 0.400. The molecule has 1 saturated heterocycles. The number of hydrogen-bond donors (Lipinski definition) is 1. The Morgan fingerprint density at radius 1 is 1.58 bits per heavy atom. The van der Waals surface area contributed by atoms with Gasteiger partial charge in [-0.15, -0.1) is 0 Å². The van der Waals surface area contributed by atoms with Crippen molar-refractivity contribution >= 4 is 29.3 Å².